The van der Waals surface area contributed by atoms with E-state index in [0.29, 0.717) is 0 Å². The zero-order valence-electron chi connectivity index (χ0n) is 10.6. The zero-order chi connectivity index (χ0) is 12.0. The lowest BCUT2D eigenvalue weighted by molar-refractivity contribution is 1.13. The normalized spacial score (nSPS) is 12.6. The van der Waals surface area contributed by atoms with Crippen molar-refractivity contribution in [3.05, 3.63) is 58.1 Å². The Morgan fingerprint density at radius 1 is 0.941 bits per heavy atom. The van der Waals surface area contributed by atoms with Gasteiger partial charge in [-0.15, -0.1) is 0 Å². The quantitative estimate of drug-likeness (QED) is 0.600. The van der Waals surface area contributed by atoms with Crippen LogP contribution in [0, 0.1) is 20.8 Å². The van der Waals surface area contributed by atoms with Crippen LogP contribution in [0.1, 0.15) is 27.8 Å². The highest BCUT2D eigenvalue weighted by molar-refractivity contribution is 5.75. The Bertz CT molecular complexity index is 597. The Balaban J connectivity index is 2.14. The Labute approximate surface area is 102 Å². The van der Waals surface area contributed by atoms with Crippen LogP contribution in [0.15, 0.2) is 30.3 Å². The summed E-state index contributed by atoms with van der Waals surface area (Å²) >= 11 is 0. The third-order valence-electron chi connectivity index (χ3n) is 3.72. The highest BCUT2D eigenvalue weighted by atomic mass is 14.9. The van der Waals surface area contributed by atoms with Crippen molar-refractivity contribution in [2.75, 3.05) is 5.32 Å². The summed E-state index contributed by atoms with van der Waals surface area (Å²) in [6.45, 7) is 6.51. The van der Waals surface area contributed by atoms with E-state index in [2.05, 4.69) is 56.4 Å². The number of nitrogens with one attached hydrogen (secondary N) is 1. The maximum atomic E-state index is 3.58. The van der Waals surface area contributed by atoms with Gasteiger partial charge in [-0.05, 0) is 49.1 Å². The maximum Gasteiger partial charge on any atom is 0.0452 e. The van der Waals surface area contributed by atoms with E-state index in [4.69, 9.17) is 0 Å². The first-order chi connectivity index (χ1) is 8.15. The van der Waals surface area contributed by atoms with Crippen molar-refractivity contribution in [2.45, 2.75) is 27.2 Å². The lowest BCUT2D eigenvalue weighted by atomic mass is 9.92. The van der Waals surface area contributed by atoms with Crippen molar-refractivity contribution in [3.8, 4) is 0 Å². The molecule has 1 N–H and O–H groups in total. The molecule has 2 aromatic rings. The molecule has 86 valence electrons. The standard InChI is InChI=1S/C16H17N/c1-10-4-7-15-14(8-10)9-13-6-5-11(2)12(3)16(13)17-15/h4-8,17H,9H2,1-3H3. The summed E-state index contributed by atoms with van der Waals surface area (Å²) in [6, 6.07) is 11.1. The molecular formula is C16H17N. The Morgan fingerprint density at radius 3 is 2.59 bits per heavy atom. The fourth-order valence-electron chi connectivity index (χ4n) is 2.52. The van der Waals surface area contributed by atoms with E-state index in [1.165, 1.54) is 39.2 Å². The summed E-state index contributed by atoms with van der Waals surface area (Å²) in [7, 11) is 0. The van der Waals surface area contributed by atoms with E-state index in [9.17, 15) is 0 Å². The molecule has 0 atom stereocenters. The second kappa shape index (κ2) is 3.63. The van der Waals surface area contributed by atoms with Crippen molar-refractivity contribution in [1.82, 2.24) is 0 Å². The molecule has 1 heterocycles. The van der Waals surface area contributed by atoms with Gasteiger partial charge in [0, 0.05) is 17.8 Å². The lowest BCUT2D eigenvalue weighted by Gasteiger charge is -2.24. The molecule has 1 nitrogen and oxygen atoms in total. The summed E-state index contributed by atoms with van der Waals surface area (Å²) in [4.78, 5) is 0. The molecule has 0 aliphatic carbocycles. The fourth-order valence-corrected chi connectivity index (χ4v) is 2.52. The van der Waals surface area contributed by atoms with Gasteiger partial charge in [-0.3, -0.25) is 0 Å². The third-order valence-corrected chi connectivity index (χ3v) is 3.72. The Morgan fingerprint density at radius 2 is 1.76 bits per heavy atom. The van der Waals surface area contributed by atoms with Crippen LogP contribution in [-0.4, -0.2) is 0 Å². The van der Waals surface area contributed by atoms with Crippen LogP contribution in [0.2, 0.25) is 0 Å². The molecule has 1 heteroatoms. The molecular weight excluding hydrogens is 206 g/mol. The first-order valence-corrected chi connectivity index (χ1v) is 6.11. The van der Waals surface area contributed by atoms with Gasteiger partial charge in [0.2, 0.25) is 0 Å². The largest absolute Gasteiger partial charge is 0.355 e. The average Bonchev–Trinajstić information content (AvgIpc) is 2.32. The van der Waals surface area contributed by atoms with E-state index in [-0.39, 0.29) is 0 Å². The Hall–Kier alpha value is -1.76. The zero-order valence-corrected chi connectivity index (χ0v) is 10.6. The van der Waals surface area contributed by atoms with E-state index < -0.39 is 0 Å². The summed E-state index contributed by atoms with van der Waals surface area (Å²) < 4.78 is 0. The summed E-state index contributed by atoms with van der Waals surface area (Å²) in [5, 5.41) is 3.58. The molecule has 1 aliphatic heterocycles. The van der Waals surface area contributed by atoms with Crippen molar-refractivity contribution in [1.29, 1.82) is 0 Å². The van der Waals surface area contributed by atoms with Gasteiger partial charge in [-0.2, -0.15) is 0 Å². The van der Waals surface area contributed by atoms with Crippen molar-refractivity contribution < 1.29 is 0 Å². The van der Waals surface area contributed by atoms with Gasteiger partial charge in [-0.1, -0.05) is 29.8 Å². The highest BCUT2D eigenvalue weighted by Crippen LogP contribution is 2.36. The lowest BCUT2D eigenvalue weighted by Crippen LogP contribution is -2.09. The van der Waals surface area contributed by atoms with Crippen LogP contribution in [0.3, 0.4) is 0 Å². The van der Waals surface area contributed by atoms with Gasteiger partial charge >= 0.3 is 0 Å². The van der Waals surface area contributed by atoms with Crippen LogP contribution in [0.4, 0.5) is 11.4 Å². The predicted octanol–water partition coefficient (Wildman–Crippen LogP) is 4.26. The minimum atomic E-state index is 1.04. The summed E-state index contributed by atoms with van der Waals surface area (Å²) in [5.74, 6) is 0. The third kappa shape index (κ3) is 1.62. The second-order valence-electron chi connectivity index (χ2n) is 5.00. The molecule has 3 rings (SSSR count). The smallest absolute Gasteiger partial charge is 0.0452 e. The van der Waals surface area contributed by atoms with Gasteiger partial charge in [0.25, 0.3) is 0 Å². The molecule has 0 bridgehead atoms. The minimum absolute atomic E-state index is 1.04. The Kier molecular flexibility index (Phi) is 2.22. The molecule has 0 saturated heterocycles. The second-order valence-corrected chi connectivity index (χ2v) is 5.00. The van der Waals surface area contributed by atoms with Gasteiger partial charge in [0.15, 0.2) is 0 Å². The van der Waals surface area contributed by atoms with Crippen LogP contribution in [-0.2, 0) is 6.42 Å². The van der Waals surface area contributed by atoms with E-state index in [0.717, 1.165) is 6.42 Å². The van der Waals surface area contributed by atoms with Gasteiger partial charge in [-0.25, -0.2) is 0 Å². The number of benzene rings is 2. The molecule has 0 spiro atoms. The number of aryl methyl sites for hydroxylation is 2. The summed E-state index contributed by atoms with van der Waals surface area (Å²) in [6.07, 6.45) is 1.04. The molecule has 0 unspecified atom stereocenters. The molecule has 0 aromatic heterocycles. The molecule has 0 amide bonds. The van der Waals surface area contributed by atoms with Crippen LogP contribution >= 0.6 is 0 Å². The summed E-state index contributed by atoms with van der Waals surface area (Å²) in [5.41, 5.74) is 9.43. The number of hydrogen-bond acceptors (Lipinski definition) is 1. The molecule has 0 fully saturated rings. The van der Waals surface area contributed by atoms with E-state index in [1.54, 1.807) is 0 Å². The minimum Gasteiger partial charge on any atom is -0.355 e. The topological polar surface area (TPSA) is 12.0 Å². The monoisotopic (exact) mass is 223 g/mol. The highest BCUT2D eigenvalue weighted by Gasteiger charge is 2.16. The van der Waals surface area contributed by atoms with E-state index >= 15 is 0 Å². The SMILES string of the molecule is Cc1ccc2c(c1)Cc1ccc(C)c(C)c1N2. The van der Waals surface area contributed by atoms with Gasteiger partial charge < -0.3 is 5.32 Å². The van der Waals surface area contributed by atoms with Crippen molar-refractivity contribution in [3.63, 3.8) is 0 Å². The molecule has 1 aliphatic rings. The number of anilines is 2. The molecule has 2 aromatic carbocycles. The average molecular weight is 223 g/mol. The number of hydrogen-bond donors (Lipinski definition) is 1. The van der Waals surface area contributed by atoms with Crippen LogP contribution in [0.5, 0.6) is 0 Å². The van der Waals surface area contributed by atoms with Crippen LogP contribution < -0.4 is 5.32 Å². The van der Waals surface area contributed by atoms with Gasteiger partial charge in [0.05, 0.1) is 0 Å². The molecule has 17 heavy (non-hydrogen) atoms. The van der Waals surface area contributed by atoms with Crippen LogP contribution in [0.25, 0.3) is 0 Å². The first-order valence-electron chi connectivity index (χ1n) is 6.11. The number of fused-ring (bicyclic) bond motifs is 2. The maximum absolute atomic E-state index is 3.58. The fraction of sp³-hybridized carbons (Fsp3) is 0.250. The van der Waals surface area contributed by atoms with Crippen molar-refractivity contribution in [2.24, 2.45) is 0 Å². The molecule has 0 saturated carbocycles. The van der Waals surface area contributed by atoms with Gasteiger partial charge in [0.1, 0.15) is 0 Å². The van der Waals surface area contributed by atoms with E-state index in [1.807, 2.05) is 0 Å². The van der Waals surface area contributed by atoms with Crippen molar-refractivity contribution >= 4 is 11.4 Å². The molecule has 0 radical (unpaired) electrons. The first kappa shape index (κ1) is 10.4. The number of rotatable bonds is 0. The predicted molar refractivity (Wildman–Crippen MR) is 73.2 cm³/mol.